The van der Waals surface area contributed by atoms with Crippen LogP contribution in [0.25, 0.3) is 11.3 Å². The number of rotatable bonds is 4. The van der Waals surface area contributed by atoms with E-state index in [0.29, 0.717) is 0 Å². The van der Waals surface area contributed by atoms with Gasteiger partial charge in [-0.15, -0.1) is 0 Å². The Bertz CT molecular complexity index is 4220. The number of benzene rings is 10. The van der Waals surface area contributed by atoms with Crippen molar-refractivity contribution in [2.45, 2.75) is 0 Å². The van der Waals surface area contributed by atoms with E-state index in [1.165, 1.54) is 16.4 Å². The molecule has 6 aliphatic rings. The summed E-state index contributed by atoms with van der Waals surface area (Å²) in [6.45, 7) is -0.501. The highest BCUT2D eigenvalue weighted by atomic mass is 16.5. The predicted octanol–water partition coefficient (Wildman–Crippen LogP) is 9.96. The van der Waals surface area contributed by atoms with E-state index in [4.69, 9.17) is 19.2 Å². The molecule has 0 fully saturated rings. The van der Waals surface area contributed by atoms with Crippen molar-refractivity contribution in [3.05, 3.63) is 237 Å². The van der Waals surface area contributed by atoms with Gasteiger partial charge in [0.15, 0.2) is 0 Å². The van der Waals surface area contributed by atoms with Gasteiger partial charge in [-0.25, -0.2) is 4.98 Å². The van der Waals surface area contributed by atoms with Gasteiger partial charge in [0.25, 0.3) is 20.1 Å². The smallest absolute Gasteiger partial charge is 0.258 e. The fraction of sp³-hybridized carbons (Fsp3) is 0. The molecule has 0 atom stereocenters. The van der Waals surface area contributed by atoms with Gasteiger partial charge >= 0.3 is 0 Å². The van der Waals surface area contributed by atoms with Gasteiger partial charge in [0.05, 0.1) is 5.69 Å². The molecular formula is C65H39B3N4O3. The normalized spacial score (nSPS) is 14.0. The predicted molar refractivity (Wildman–Crippen MR) is 307 cm³/mol. The maximum absolute atomic E-state index is 7.50. The Morgan fingerprint density at radius 3 is 1.27 bits per heavy atom. The molecule has 0 saturated heterocycles. The summed E-state index contributed by atoms with van der Waals surface area (Å²) in [4.78, 5) is 13.0. The zero-order chi connectivity index (χ0) is 48.9. The Morgan fingerprint density at radius 2 is 0.707 bits per heavy atom. The van der Waals surface area contributed by atoms with E-state index >= 15 is 0 Å². The van der Waals surface area contributed by atoms with Crippen LogP contribution < -0.4 is 78.1 Å². The summed E-state index contributed by atoms with van der Waals surface area (Å²) in [5, 5.41) is 0. The third-order valence-electron chi connectivity index (χ3n) is 16.2. The minimum absolute atomic E-state index is 0.109. The SMILES string of the molecule is c1ccc(-c2cc3c4c(n2)N(c2ccccc2)c2cc5c(cc2B4c2cc4c(cc2O3)N(c2ccccc2)c2cccc3c2B4c2ccccc2O3)B2c3ccccc3Oc3cccc(c32)N5c2ccccc2)cc1. The summed E-state index contributed by atoms with van der Waals surface area (Å²) >= 11 is 0. The lowest BCUT2D eigenvalue weighted by Gasteiger charge is -2.44. The standard InChI is InChI=1S/C65H39B3N4O3/c1-5-19-40(20-6-1)50-37-61-64-65(69-50)72(43-25-11-4-12-26-43)54-38-53-46(66-44-27-13-15-31-56(44)73-58-33-17-29-51(62(58)66)70(53)41-21-7-2-8-22-41)35-47(54)68(64)49-36-48-55(39-60(49)75-61)71(42-23-9-3-10-24-42)52-30-18-34-59-63(52)67(48)45-28-14-16-32-57(45)74-59/h1-39H. The maximum Gasteiger partial charge on any atom is 0.258 e. The van der Waals surface area contributed by atoms with Gasteiger partial charge in [-0.3, -0.25) is 4.90 Å². The summed E-state index contributed by atoms with van der Waals surface area (Å²) in [7, 11) is 0. The highest BCUT2D eigenvalue weighted by Gasteiger charge is 2.50. The van der Waals surface area contributed by atoms with E-state index in [-0.39, 0.29) is 20.1 Å². The molecule has 0 bridgehead atoms. The second-order valence-electron chi connectivity index (χ2n) is 20.1. The molecule has 0 saturated carbocycles. The topological polar surface area (TPSA) is 50.3 Å². The van der Waals surface area contributed by atoms with Crippen LogP contribution in [0, 0.1) is 0 Å². The first-order chi connectivity index (χ1) is 37.2. The van der Waals surface area contributed by atoms with Crippen molar-refractivity contribution in [2.75, 3.05) is 14.7 Å². The second-order valence-corrected chi connectivity index (χ2v) is 20.1. The Morgan fingerprint density at radius 1 is 0.280 bits per heavy atom. The van der Waals surface area contributed by atoms with E-state index in [0.717, 1.165) is 130 Å². The Hall–Kier alpha value is -9.66. The first-order valence-electron chi connectivity index (χ1n) is 25.7. The summed E-state index contributed by atoms with van der Waals surface area (Å²) < 4.78 is 21.1. The van der Waals surface area contributed by atoms with Gasteiger partial charge in [-0.1, -0.05) is 146 Å². The molecule has 0 amide bonds. The molecule has 7 nitrogen and oxygen atoms in total. The highest BCUT2D eigenvalue weighted by Crippen LogP contribution is 2.48. The first kappa shape index (κ1) is 40.9. The van der Waals surface area contributed by atoms with Crippen molar-refractivity contribution in [1.82, 2.24) is 4.98 Å². The van der Waals surface area contributed by atoms with Gasteiger partial charge in [-0.05, 0) is 123 Å². The van der Waals surface area contributed by atoms with E-state index in [2.05, 4.69) is 251 Å². The van der Waals surface area contributed by atoms with Crippen LogP contribution in [0.4, 0.5) is 51.3 Å². The van der Waals surface area contributed by atoms with Crippen LogP contribution in [0.5, 0.6) is 34.5 Å². The highest BCUT2D eigenvalue weighted by molar-refractivity contribution is 7.03. The number of pyridine rings is 1. The molecule has 0 N–H and O–H groups in total. The number of para-hydroxylation sites is 5. The van der Waals surface area contributed by atoms with Crippen molar-refractivity contribution in [3.8, 4) is 45.8 Å². The van der Waals surface area contributed by atoms with E-state index < -0.39 is 0 Å². The van der Waals surface area contributed by atoms with E-state index in [1.807, 2.05) is 0 Å². The molecule has 1 aromatic heterocycles. The molecule has 75 heavy (non-hydrogen) atoms. The van der Waals surface area contributed by atoms with Gasteiger partial charge in [0.2, 0.25) is 0 Å². The van der Waals surface area contributed by atoms with Crippen molar-refractivity contribution < 1.29 is 14.2 Å². The Balaban J connectivity index is 0.991. The molecule has 0 aliphatic carbocycles. The lowest BCUT2D eigenvalue weighted by atomic mass is 9.29. The number of hydrogen-bond acceptors (Lipinski definition) is 7. The summed E-state index contributed by atoms with van der Waals surface area (Å²) in [6.07, 6.45) is 0. The zero-order valence-electron chi connectivity index (χ0n) is 40.3. The molecule has 11 aromatic rings. The molecule has 6 aliphatic heterocycles. The number of aromatic nitrogens is 1. The minimum atomic E-state index is -0.282. The van der Waals surface area contributed by atoms with E-state index in [1.54, 1.807) is 0 Å². The van der Waals surface area contributed by atoms with Crippen molar-refractivity contribution in [1.29, 1.82) is 0 Å². The average Bonchev–Trinajstić information content (AvgIpc) is 3.55. The maximum atomic E-state index is 7.50. The minimum Gasteiger partial charge on any atom is -0.458 e. The quantitative estimate of drug-likeness (QED) is 0.163. The monoisotopic (exact) mass is 956 g/mol. The van der Waals surface area contributed by atoms with Crippen molar-refractivity contribution in [2.24, 2.45) is 0 Å². The molecule has 346 valence electrons. The van der Waals surface area contributed by atoms with Crippen LogP contribution in [-0.2, 0) is 0 Å². The fourth-order valence-corrected chi connectivity index (χ4v) is 13.2. The lowest BCUT2D eigenvalue weighted by molar-refractivity contribution is 0.486. The van der Waals surface area contributed by atoms with Gasteiger partial charge in [0, 0.05) is 68.7 Å². The molecule has 10 aromatic carbocycles. The van der Waals surface area contributed by atoms with Gasteiger partial charge in [0.1, 0.15) is 40.3 Å². The third-order valence-corrected chi connectivity index (χ3v) is 16.2. The number of fused-ring (bicyclic) bond motifs is 12. The van der Waals surface area contributed by atoms with Crippen LogP contribution in [0.2, 0.25) is 0 Å². The summed E-state index contributed by atoms with van der Waals surface area (Å²) in [5.74, 6) is 5.94. The number of ether oxygens (including phenoxy) is 3. The van der Waals surface area contributed by atoms with Crippen LogP contribution >= 0.6 is 0 Å². The van der Waals surface area contributed by atoms with Gasteiger partial charge in [-0.2, -0.15) is 0 Å². The Labute approximate surface area is 434 Å². The van der Waals surface area contributed by atoms with Crippen molar-refractivity contribution >= 4 is 121 Å². The Kier molecular flexibility index (Phi) is 8.41. The average molecular weight is 956 g/mol. The fourth-order valence-electron chi connectivity index (χ4n) is 13.2. The molecule has 7 heterocycles. The molecular weight excluding hydrogens is 917 g/mol. The first-order valence-corrected chi connectivity index (χ1v) is 25.7. The molecule has 0 spiro atoms. The summed E-state index contributed by atoms with van der Waals surface area (Å²) in [6, 6.07) is 84.6. The largest absolute Gasteiger partial charge is 0.458 e. The number of nitrogens with zero attached hydrogens (tertiary/aromatic N) is 4. The second kappa shape index (κ2) is 15.4. The number of anilines is 9. The van der Waals surface area contributed by atoms with Gasteiger partial charge < -0.3 is 24.0 Å². The van der Waals surface area contributed by atoms with Crippen LogP contribution in [-0.4, -0.2) is 25.1 Å². The van der Waals surface area contributed by atoms with Crippen LogP contribution in [0.3, 0.4) is 0 Å². The van der Waals surface area contributed by atoms with E-state index in [9.17, 15) is 0 Å². The zero-order valence-corrected chi connectivity index (χ0v) is 40.3. The molecule has 0 radical (unpaired) electrons. The number of hydrogen-bond donors (Lipinski definition) is 0. The molecule has 10 heteroatoms. The third kappa shape index (κ3) is 5.76. The van der Waals surface area contributed by atoms with Crippen molar-refractivity contribution in [3.63, 3.8) is 0 Å². The lowest BCUT2D eigenvalue weighted by Crippen LogP contribution is -2.65. The van der Waals surface area contributed by atoms with Crippen LogP contribution in [0.1, 0.15) is 0 Å². The summed E-state index contributed by atoms with van der Waals surface area (Å²) in [5.41, 5.74) is 20.7. The molecule has 17 rings (SSSR count). The van der Waals surface area contributed by atoms with Crippen LogP contribution in [0.15, 0.2) is 237 Å². The molecule has 0 unspecified atom stereocenters.